The maximum Gasteiger partial charge on any atom is 0.519 e. The van der Waals surface area contributed by atoms with Crippen LogP contribution in [0.25, 0.3) is 22.3 Å². The van der Waals surface area contributed by atoms with Gasteiger partial charge in [0.25, 0.3) is 5.95 Å². The fourth-order valence-electron chi connectivity index (χ4n) is 2.17. The summed E-state index contributed by atoms with van der Waals surface area (Å²) >= 11 is 0. The lowest BCUT2D eigenvalue weighted by atomic mass is 10.1. The van der Waals surface area contributed by atoms with Crippen LogP contribution in [-0.4, -0.2) is 0 Å². The maximum atomic E-state index is 11.0. The standard InChI is InChI=1S/C15H8O5/c1-8-17-11-4-2-9(6-13(11)18-8)10-3-5-12-14(7-10)20-15(16)19-12/h2-7H,1H2. The summed E-state index contributed by atoms with van der Waals surface area (Å²) in [5.74, 6) is 0.795. The Kier molecular flexibility index (Phi) is 2.06. The summed E-state index contributed by atoms with van der Waals surface area (Å²) < 4.78 is 20.4. The van der Waals surface area contributed by atoms with E-state index in [0.29, 0.717) is 22.7 Å². The summed E-state index contributed by atoms with van der Waals surface area (Å²) in [4.78, 5) is 11.0. The zero-order valence-electron chi connectivity index (χ0n) is 10.2. The monoisotopic (exact) mass is 268 g/mol. The van der Waals surface area contributed by atoms with E-state index in [1.165, 1.54) is 0 Å². The van der Waals surface area contributed by atoms with E-state index < -0.39 is 5.82 Å². The number of ether oxygens (including phenoxy) is 2. The minimum Gasteiger partial charge on any atom is -0.422 e. The van der Waals surface area contributed by atoms with Gasteiger partial charge in [0, 0.05) is 0 Å². The molecule has 98 valence electrons. The molecule has 0 atom stereocenters. The quantitative estimate of drug-likeness (QED) is 0.677. The van der Waals surface area contributed by atoms with Crippen LogP contribution in [0, 0.1) is 0 Å². The average molecular weight is 268 g/mol. The third kappa shape index (κ3) is 1.60. The van der Waals surface area contributed by atoms with Gasteiger partial charge in [0.1, 0.15) is 0 Å². The summed E-state index contributed by atoms with van der Waals surface area (Å²) in [7, 11) is 0. The van der Waals surface area contributed by atoms with Crippen molar-refractivity contribution in [2.24, 2.45) is 0 Å². The van der Waals surface area contributed by atoms with E-state index >= 15 is 0 Å². The van der Waals surface area contributed by atoms with Crippen LogP contribution in [0.4, 0.5) is 0 Å². The van der Waals surface area contributed by atoms with Crippen LogP contribution < -0.4 is 15.3 Å². The highest BCUT2D eigenvalue weighted by molar-refractivity contribution is 5.79. The van der Waals surface area contributed by atoms with Gasteiger partial charge in [-0.25, -0.2) is 4.79 Å². The van der Waals surface area contributed by atoms with E-state index in [9.17, 15) is 4.79 Å². The van der Waals surface area contributed by atoms with Crippen LogP contribution in [0.2, 0.25) is 0 Å². The molecule has 1 aromatic heterocycles. The highest BCUT2D eigenvalue weighted by Gasteiger charge is 2.18. The Labute approximate surface area is 112 Å². The number of benzene rings is 2. The summed E-state index contributed by atoms with van der Waals surface area (Å²) in [6.07, 6.45) is 0. The van der Waals surface area contributed by atoms with Gasteiger partial charge in [0.05, 0.1) is 0 Å². The van der Waals surface area contributed by atoms with Gasteiger partial charge in [-0.05, 0) is 42.0 Å². The summed E-state index contributed by atoms with van der Waals surface area (Å²) in [5.41, 5.74) is 2.63. The van der Waals surface area contributed by atoms with Crippen molar-refractivity contribution in [1.29, 1.82) is 0 Å². The van der Waals surface area contributed by atoms with Crippen molar-refractivity contribution >= 4 is 11.2 Å². The molecule has 20 heavy (non-hydrogen) atoms. The van der Waals surface area contributed by atoms with Crippen molar-refractivity contribution in [3.8, 4) is 22.6 Å². The van der Waals surface area contributed by atoms with E-state index in [0.717, 1.165) is 11.1 Å². The highest BCUT2D eigenvalue weighted by atomic mass is 16.7. The van der Waals surface area contributed by atoms with Crippen molar-refractivity contribution in [1.82, 2.24) is 0 Å². The van der Waals surface area contributed by atoms with Crippen molar-refractivity contribution in [3.63, 3.8) is 0 Å². The Morgan fingerprint density at radius 2 is 1.50 bits per heavy atom. The zero-order chi connectivity index (χ0) is 13.7. The van der Waals surface area contributed by atoms with E-state index in [1.54, 1.807) is 18.2 Å². The molecule has 0 fully saturated rings. The SMILES string of the molecule is C=C1Oc2ccc(-c3ccc4oc(=O)oc4c3)cc2O1. The van der Waals surface area contributed by atoms with E-state index in [-0.39, 0.29) is 5.95 Å². The van der Waals surface area contributed by atoms with Crippen molar-refractivity contribution in [2.75, 3.05) is 0 Å². The molecule has 4 rings (SSSR count). The molecule has 0 unspecified atom stereocenters. The Balaban J connectivity index is 1.84. The zero-order valence-corrected chi connectivity index (χ0v) is 10.2. The molecule has 0 bridgehead atoms. The van der Waals surface area contributed by atoms with Crippen molar-refractivity contribution < 1.29 is 18.3 Å². The molecule has 5 nitrogen and oxygen atoms in total. The molecule has 0 N–H and O–H groups in total. The molecule has 1 aliphatic heterocycles. The third-order valence-corrected chi connectivity index (χ3v) is 3.05. The van der Waals surface area contributed by atoms with Gasteiger partial charge in [-0.2, -0.15) is 0 Å². The van der Waals surface area contributed by atoms with Gasteiger partial charge in [-0.1, -0.05) is 12.1 Å². The molecule has 2 aromatic carbocycles. The number of hydrogen-bond donors (Lipinski definition) is 0. The third-order valence-electron chi connectivity index (χ3n) is 3.05. The maximum absolute atomic E-state index is 11.0. The van der Waals surface area contributed by atoms with E-state index in [2.05, 4.69) is 6.58 Å². The number of rotatable bonds is 1. The Morgan fingerprint density at radius 3 is 2.40 bits per heavy atom. The first-order valence-electron chi connectivity index (χ1n) is 5.92. The van der Waals surface area contributed by atoms with Crippen LogP contribution in [0.1, 0.15) is 0 Å². The first-order chi connectivity index (χ1) is 9.69. The number of fused-ring (bicyclic) bond motifs is 2. The summed E-state index contributed by atoms with van der Waals surface area (Å²) in [6.45, 7) is 3.61. The Bertz CT molecular complexity index is 900. The summed E-state index contributed by atoms with van der Waals surface area (Å²) in [5, 5.41) is 0. The van der Waals surface area contributed by atoms with Crippen molar-refractivity contribution in [3.05, 3.63) is 59.5 Å². The van der Waals surface area contributed by atoms with Crippen LogP contribution in [0.5, 0.6) is 11.5 Å². The molecule has 1 aliphatic rings. The fraction of sp³-hybridized carbons (Fsp3) is 0. The number of hydrogen-bond acceptors (Lipinski definition) is 5. The Hall–Kier alpha value is -2.95. The van der Waals surface area contributed by atoms with E-state index in [1.807, 2.05) is 18.2 Å². The lowest BCUT2D eigenvalue weighted by molar-refractivity contribution is 0.290. The van der Waals surface area contributed by atoms with Gasteiger partial charge < -0.3 is 18.3 Å². The summed E-state index contributed by atoms with van der Waals surface area (Å²) in [6, 6.07) is 10.8. The van der Waals surface area contributed by atoms with Gasteiger partial charge in [0.15, 0.2) is 22.7 Å². The molecule has 0 amide bonds. The van der Waals surface area contributed by atoms with Gasteiger partial charge in [0.2, 0.25) is 0 Å². The second-order valence-corrected chi connectivity index (χ2v) is 4.35. The molecular weight excluding hydrogens is 260 g/mol. The second-order valence-electron chi connectivity index (χ2n) is 4.35. The fourth-order valence-corrected chi connectivity index (χ4v) is 2.17. The van der Waals surface area contributed by atoms with Gasteiger partial charge in [-0.3, -0.25) is 0 Å². The molecule has 0 saturated carbocycles. The lowest BCUT2D eigenvalue weighted by Gasteiger charge is -2.02. The van der Waals surface area contributed by atoms with Crippen LogP contribution in [0.15, 0.2) is 62.6 Å². The van der Waals surface area contributed by atoms with E-state index in [4.69, 9.17) is 18.3 Å². The van der Waals surface area contributed by atoms with Gasteiger partial charge >= 0.3 is 5.82 Å². The molecule has 0 aliphatic carbocycles. The van der Waals surface area contributed by atoms with Crippen LogP contribution in [0.3, 0.4) is 0 Å². The lowest BCUT2D eigenvalue weighted by Crippen LogP contribution is -1.88. The molecule has 5 heteroatoms. The first-order valence-corrected chi connectivity index (χ1v) is 5.92. The largest absolute Gasteiger partial charge is 0.519 e. The second kappa shape index (κ2) is 3.77. The topological polar surface area (TPSA) is 61.8 Å². The van der Waals surface area contributed by atoms with Crippen LogP contribution >= 0.6 is 0 Å². The molecule has 0 spiro atoms. The predicted octanol–water partition coefficient (Wildman–Crippen LogP) is 3.30. The van der Waals surface area contributed by atoms with Crippen LogP contribution in [-0.2, 0) is 0 Å². The average Bonchev–Trinajstić information content (AvgIpc) is 2.97. The molecular formula is C15H8O5. The smallest absolute Gasteiger partial charge is 0.422 e. The molecule has 2 heterocycles. The normalized spacial score (nSPS) is 13.1. The minimum absolute atomic E-state index is 0.258. The van der Waals surface area contributed by atoms with Crippen molar-refractivity contribution in [2.45, 2.75) is 0 Å². The molecule has 0 saturated heterocycles. The molecule has 3 aromatic rings. The van der Waals surface area contributed by atoms with Gasteiger partial charge in [-0.15, -0.1) is 0 Å². The Morgan fingerprint density at radius 1 is 0.800 bits per heavy atom. The first kappa shape index (κ1) is 10.9. The highest BCUT2D eigenvalue weighted by Crippen LogP contribution is 2.39. The molecule has 0 radical (unpaired) electrons. The minimum atomic E-state index is -0.709. The predicted molar refractivity (Wildman–Crippen MR) is 70.6 cm³/mol.